The summed E-state index contributed by atoms with van der Waals surface area (Å²) in [6.07, 6.45) is 2.61. The van der Waals surface area contributed by atoms with Gasteiger partial charge in [-0.3, -0.25) is 9.40 Å². The van der Waals surface area contributed by atoms with Gasteiger partial charge in [0, 0.05) is 6.20 Å². The van der Waals surface area contributed by atoms with Crippen molar-refractivity contribution in [2.24, 2.45) is 0 Å². The lowest BCUT2D eigenvalue weighted by Gasteiger charge is -2.13. The summed E-state index contributed by atoms with van der Waals surface area (Å²) >= 11 is 6.14. The van der Waals surface area contributed by atoms with Gasteiger partial charge in [-0.05, 0) is 12.1 Å². The molecule has 0 saturated heterocycles. The van der Waals surface area contributed by atoms with Crippen molar-refractivity contribution in [1.82, 2.24) is 19.7 Å². The first-order valence-electron chi connectivity index (χ1n) is 8.13. The number of para-hydroxylation sites is 2. The highest BCUT2D eigenvalue weighted by molar-refractivity contribution is 7.92. The maximum absolute atomic E-state index is 12.4. The first-order chi connectivity index (χ1) is 13.7. The molecule has 0 aliphatic carbocycles. The van der Waals surface area contributed by atoms with Crippen LogP contribution in [-0.2, 0) is 16.6 Å². The topological polar surface area (TPSA) is 114 Å². The summed E-state index contributed by atoms with van der Waals surface area (Å²) in [4.78, 5) is 8.28. The van der Waals surface area contributed by atoms with Crippen LogP contribution in [0.2, 0.25) is 5.02 Å². The number of rotatable bonds is 8. The van der Waals surface area contributed by atoms with Gasteiger partial charge in [0.25, 0.3) is 6.43 Å². The summed E-state index contributed by atoms with van der Waals surface area (Å²) in [5.41, 5.74) is 1.15. The summed E-state index contributed by atoms with van der Waals surface area (Å²) in [6.45, 7) is -0.528. The van der Waals surface area contributed by atoms with E-state index in [1.54, 1.807) is 24.3 Å². The highest BCUT2D eigenvalue weighted by atomic mass is 35.5. The molecule has 29 heavy (non-hydrogen) atoms. The highest BCUT2D eigenvalue weighted by Crippen LogP contribution is 2.29. The summed E-state index contributed by atoms with van der Waals surface area (Å²) in [5, 5.41) is 9.80. The molecule has 2 aromatic heterocycles. The molecular formula is C16H16ClF2N7O2S. The van der Waals surface area contributed by atoms with E-state index >= 15 is 0 Å². The fourth-order valence-electron chi connectivity index (χ4n) is 2.32. The molecule has 1 aromatic carbocycles. The number of nitrogens with zero attached hydrogens (tertiary/aromatic N) is 4. The van der Waals surface area contributed by atoms with Crippen LogP contribution in [0.25, 0.3) is 0 Å². The SMILES string of the molecule is CS(=O)(=O)Nc1ccccc1Nc1nc(Nc2cnn(CC(F)F)c2)ncc1Cl. The van der Waals surface area contributed by atoms with Crippen molar-refractivity contribution >= 4 is 50.5 Å². The zero-order valence-electron chi connectivity index (χ0n) is 15.0. The van der Waals surface area contributed by atoms with Crippen LogP contribution in [0.1, 0.15) is 0 Å². The Labute approximate surface area is 170 Å². The van der Waals surface area contributed by atoms with Gasteiger partial charge < -0.3 is 10.6 Å². The van der Waals surface area contributed by atoms with E-state index in [0.717, 1.165) is 10.9 Å². The van der Waals surface area contributed by atoms with Crippen molar-refractivity contribution in [1.29, 1.82) is 0 Å². The van der Waals surface area contributed by atoms with E-state index in [-0.39, 0.29) is 16.8 Å². The molecule has 0 spiro atoms. The molecule has 0 saturated carbocycles. The second kappa shape index (κ2) is 8.57. The number of benzene rings is 1. The number of hydrogen-bond donors (Lipinski definition) is 3. The van der Waals surface area contributed by atoms with Crippen LogP contribution in [-0.4, -0.2) is 40.8 Å². The Hall–Kier alpha value is -2.99. The fourth-order valence-corrected chi connectivity index (χ4v) is 3.04. The number of aromatic nitrogens is 4. The van der Waals surface area contributed by atoms with Gasteiger partial charge in [-0.2, -0.15) is 10.1 Å². The zero-order valence-corrected chi connectivity index (χ0v) is 16.5. The Kier molecular flexibility index (Phi) is 6.13. The number of sulfonamides is 1. The normalized spacial score (nSPS) is 11.5. The van der Waals surface area contributed by atoms with Crippen molar-refractivity contribution in [2.45, 2.75) is 13.0 Å². The van der Waals surface area contributed by atoms with Crippen LogP contribution in [0.15, 0.2) is 42.9 Å². The van der Waals surface area contributed by atoms with Gasteiger partial charge in [-0.15, -0.1) is 0 Å². The van der Waals surface area contributed by atoms with Gasteiger partial charge in [0.1, 0.15) is 11.6 Å². The molecule has 0 atom stereocenters. The zero-order chi connectivity index (χ0) is 21.0. The van der Waals surface area contributed by atoms with Crippen LogP contribution in [0.4, 0.5) is 37.6 Å². The van der Waals surface area contributed by atoms with Crippen molar-refractivity contribution < 1.29 is 17.2 Å². The van der Waals surface area contributed by atoms with Gasteiger partial charge in [-0.1, -0.05) is 23.7 Å². The Morgan fingerprint density at radius 2 is 1.90 bits per heavy atom. The summed E-state index contributed by atoms with van der Waals surface area (Å²) in [6, 6.07) is 6.61. The maximum atomic E-state index is 12.4. The summed E-state index contributed by atoms with van der Waals surface area (Å²) in [5.74, 6) is 0.356. The van der Waals surface area contributed by atoms with Gasteiger partial charge >= 0.3 is 0 Å². The highest BCUT2D eigenvalue weighted by Gasteiger charge is 2.12. The molecule has 0 aliphatic rings. The molecule has 2 heterocycles. The quantitative estimate of drug-likeness (QED) is 0.488. The summed E-state index contributed by atoms with van der Waals surface area (Å²) < 4.78 is 51.4. The molecule has 3 rings (SSSR count). The number of alkyl halides is 2. The van der Waals surface area contributed by atoms with E-state index in [2.05, 4.69) is 30.4 Å². The molecule has 0 fully saturated rings. The third-order valence-corrected chi connectivity index (χ3v) is 4.30. The lowest BCUT2D eigenvalue weighted by molar-refractivity contribution is 0.122. The van der Waals surface area contributed by atoms with Gasteiger partial charge in [-0.25, -0.2) is 22.2 Å². The first-order valence-corrected chi connectivity index (χ1v) is 10.4. The summed E-state index contributed by atoms with van der Waals surface area (Å²) in [7, 11) is -3.49. The van der Waals surface area contributed by atoms with Crippen LogP contribution >= 0.6 is 11.6 Å². The minimum atomic E-state index is -3.49. The number of anilines is 5. The van der Waals surface area contributed by atoms with Crippen LogP contribution in [0.3, 0.4) is 0 Å². The Morgan fingerprint density at radius 3 is 2.59 bits per heavy atom. The van der Waals surface area contributed by atoms with Gasteiger partial charge in [0.05, 0.1) is 35.7 Å². The molecule has 3 aromatic rings. The van der Waals surface area contributed by atoms with E-state index in [1.165, 1.54) is 18.6 Å². The molecule has 154 valence electrons. The second-order valence-electron chi connectivity index (χ2n) is 5.90. The van der Waals surface area contributed by atoms with Crippen LogP contribution in [0.5, 0.6) is 0 Å². The van der Waals surface area contributed by atoms with Crippen molar-refractivity contribution in [3.8, 4) is 0 Å². The monoisotopic (exact) mass is 443 g/mol. The molecule has 0 unspecified atom stereocenters. The van der Waals surface area contributed by atoms with Crippen LogP contribution in [0, 0.1) is 0 Å². The van der Waals surface area contributed by atoms with E-state index in [4.69, 9.17) is 11.6 Å². The molecule has 3 N–H and O–H groups in total. The minimum absolute atomic E-state index is 0.141. The third-order valence-electron chi connectivity index (χ3n) is 3.43. The van der Waals surface area contributed by atoms with E-state index < -0.39 is 23.0 Å². The van der Waals surface area contributed by atoms with E-state index in [9.17, 15) is 17.2 Å². The fraction of sp³-hybridized carbons (Fsp3) is 0.188. The molecule has 0 bridgehead atoms. The number of halogens is 3. The molecule has 13 heteroatoms. The molecular weight excluding hydrogens is 428 g/mol. The molecule has 0 aliphatic heterocycles. The van der Waals surface area contributed by atoms with Crippen LogP contribution < -0.4 is 15.4 Å². The van der Waals surface area contributed by atoms with E-state index in [1.807, 2.05) is 0 Å². The number of hydrogen-bond acceptors (Lipinski definition) is 7. The molecule has 9 nitrogen and oxygen atoms in total. The smallest absolute Gasteiger partial charge is 0.257 e. The predicted octanol–water partition coefficient (Wildman–Crippen LogP) is 3.45. The largest absolute Gasteiger partial charge is 0.337 e. The van der Waals surface area contributed by atoms with Crippen molar-refractivity contribution in [3.63, 3.8) is 0 Å². The number of nitrogens with one attached hydrogen (secondary N) is 3. The Bertz CT molecular complexity index is 1110. The van der Waals surface area contributed by atoms with Gasteiger partial charge in [0.15, 0.2) is 5.82 Å². The standard InChI is InChI=1S/C16H16ClF2N7O2S/c1-29(27,28)25-13-5-3-2-4-12(13)23-15-11(17)7-20-16(24-15)22-10-6-21-26(8-10)9-14(18)19/h2-8,14,25H,9H2,1H3,(H2,20,22,23,24). The lowest BCUT2D eigenvalue weighted by Crippen LogP contribution is -2.11. The predicted molar refractivity (Wildman–Crippen MR) is 107 cm³/mol. The van der Waals surface area contributed by atoms with Crippen molar-refractivity contribution in [2.75, 3.05) is 21.6 Å². The lowest BCUT2D eigenvalue weighted by atomic mass is 10.2. The Morgan fingerprint density at radius 1 is 1.17 bits per heavy atom. The third kappa shape index (κ3) is 5.99. The van der Waals surface area contributed by atoms with E-state index in [0.29, 0.717) is 17.1 Å². The molecule has 0 radical (unpaired) electrons. The Balaban J connectivity index is 1.81. The molecule has 0 amide bonds. The first kappa shape index (κ1) is 20.7. The van der Waals surface area contributed by atoms with Crippen molar-refractivity contribution in [3.05, 3.63) is 47.9 Å². The minimum Gasteiger partial charge on any atom is -0.337 e. The second-order valence-corrected chi connectivity index (χ2v) is 8.06. The van der Waals surface area contributed by atoms with Gasteiger partial charge in [0.2, 0.25) is 16.0 Å². The maximum Gasteiger partial charge on any atom is 0.257 e. The average molecular weight is 444 g/mol. The average Bonchev–Trinajstić information content (AvgIpc) is 3.04.